The van der Waals surface area contributed by atoms with E-state index in [2.05, 4.69) is 15.4 Å². The lowest BCUT2D eigenvalue weighted by atomic mass is 10.1. The van der Waals surface area contributed by atoms with Crippen LogP contribution in [0.1, 0.15) is 35.7 Å². The molecular weight excluding hydrogens is 284 g/mol. The van der Waals surface area contributed by atoms with Crippen molar-refractivity contribution in [2.45, 2.75) is 32.7 Å². The van der Waals surface area contributed by atoms with E-state index in [0.717, 1.165) is 11.3 Å². The highest BCUT2D eigenvalue weighted by Gasteiger charge is 2.13. The molecule has 0 aliphatic carbocycles. The standard InChI is InChI=1S/C15H18N4O3/c1-10-7-12(19-9-16-8-17-19)4-5-13(10)15(22)18-11(2)3-6-14(20)21/h4-5,7-9,11H,3,6H2,1-2H3,(H,18,22)(H,20,21). The third-order valence-electron chi connectivity index (χ3n) is 3.31. The SMILES string of the molecule is Cc1cc(-n2cncn2)ccc1C(=O)NC(C)CCC(=O)O. The highest BCUT2D eigenvalue weighted by molar-refractivity contribution is 5.96. The van der Waals surface area contributed by atoms with Crippen molar-refractivity contribution in [3.05, 3.63) is 42.0 Å². The first kappa shape index (κ1) is 15.7. The van der Waals surface area contributed by atoms with Gasteiger partial charge in [-0.1, -0.05) is 0 Å². The summed E-state index contributed by atoms with van der Waals surface area (Å²) in [5.41, 5.74) is 2.20. The predicted octanol–water partition coefficient (Wildman–Crippen LogP) is 1.56. The van der Waals surface area contributed by atoms with Crippen LogP contribution in [0.4, 0.5) is 0 Å². The minimum Gasteiger partial charge on any atom is -0.481 e. The van der Waals surface area contributed by atoms with E-state index in [-0.39, 0.29) is 18.4 Å². The molecule has 2 N–H and O–H groups in total. The number of hydrogen-bond donors (Lipinski definition) is 2. The van der Waals surface area contributed by atoms with Crippen molar-refractivity contribution < 1.29 is 14.7 Å². The van der Waals surface area contributed by atoms with E-state index in [9.17, 15) is 9.59 Å². The molecule has 0 fully saturated rings. The number of carbonyl (C=O) groups excluding carboxylic acids is 1. The summed E-state index contributed by atoms with van der Waals surface area (Å²) in [7, 11) is 0. The molecule has 2 aromatic rings. The van der Waals surface area contributed by atoms with Crippen LogP contribution in [0, 0.1) is 6.92 Å². The molecule has 0 saturated heterocycles. The highest BCUT2D eigenvalue weighted by Crippen LogP contribution is 2.14. The van der Waals surface area contributed by atoms with Gasteiger partial charge >= 0.3 is 5.97 Å². The van der Waals surface area contributed by atoms with Crippen LogP contribution < -0.4 is 5.32 Å². The molecule has 1 heterocycles. The monoisotopic (exact) mass is 302 g/mol. The molecule has 0 radical (unpaired) electrons. The summed E-state index contributed by atoms with van der Waals surface area (Å²) in [5, 5.41) is 15.5. The van der Waals surface area contributed by atoms with E-state index in [0.29, 0.717) is 12.0 Å². The van der Waals surface area contributed by atoms with Gasteiger partial charge < -0.3 is 10.4 Å². The van der Waals surface area contributed by atoms with Gasteiger partial charge in [-0.25, -0.2) is 9.67 Å². The van der Waals surface area contributed by atoms with Crippen molar-refractivity contribution in [3.63, 3.8) is 0 Å². The van der Waals surface area contributed by atoms with Crippen molar-refractivity contribution in [3.8, 4) is 5.69 Å². The molecule has 0 saturated carbocycles. The molecule has 1 aromatic heterocycles. The third kappa shape index (κ3) is 3.91. The van der Waals surface area contributed by atoms with Gasteiger partial charge in [-0.05, 0) is 44.0 Å². The number of aromatic nitrogens is 3. The van der Waals surface area contributed by atoms with Crippen molar-refractivity contribution in [1.82, 2.24) is 20.1 Å². The van der Waals surface area contributed by atoms with Gasteiger partial charge in [0, 0.05) is 18.0 Å². The fourth-order valence-electron chi connectivity index (χ4n) is 2.10. The molecular formula is C15H18N4O3. The van der Waals surface area contributed by atoms with E-state index >= 15 is 0 Å². The maximum atomic E-state index is 12.2. The fourth-order valence-corrected chi connectivity index (χ4v) is 2.10. The van der Waals surface area contributed by atoms with E-state index in [1.54, 1.807) is 30.1 Å². The van der Waals surface area contributed by atoms with Gasteiger partial charge in [0.1, 0.15) is 12.7 Å². The van der Waals surface area contributed by atoms with Crippen LogP contribution in [-0.2, 0) is 4.79 Å². The molecule has 1 aromatic carbocycles. The lowest BCUT2D eigenvalue weighted by Gasteiger charge is -2.14. The summed E-state index contributed by atoms with van der Waals surface area (Å²) in [6.07, 6.45) is 3.46. The Balaban J connectivity index is 2.05. The van der Waals surface area contributed by atoms with Crippen LogP contribution in [0.3, 0.4) is 0 Å². The molecule has 22 heavy (non-hydrogen) atoms. The zero-order valence-corrected chi connectivity index (χ0v) is 12.5. The van der Waals surface area contributed by atoms with E-state index in [1.807, 2.05) is 13.0 Å². The van der Waals surface area contributed by atoms with Crippen LogP contribution in [-0.4, -0.2) is 37.8 Å². The summed E-state index contributed by atoms with van der Waals surface area (Å²) in [6, 6.07) is 5.17. The number of carbonyl (C=O) groups is 2. The van der Waals surface area contributed by atoms with Gasteiger partial charge in [0.25, 0.3) is 5.91 Å². The first-order valence-electron chi connectivity index (χ1n) is 6.95. The van der Waals surface area contributed by atoms with Gasteiger partial charge in [0.05, 0.1) is 5.69 Å². The van der Waals surface area contributed by atoms with Crippen LogP contribution in [0.15, 0.2) is 30.9 Å². The third-order valence-corrected chi connectivity index (χ3v) is 3.31. The molecule has 0 spiro atoms. The number of nitrogens with one attached hydrogen (secondary N) is 1. The summed E-state index contributed by atoms with van der Waals surface area (Å²) in [4.78, 5) is 26.6. The van der Waals surface area contributed by atoms with Crippen molar-refractivity contribution in [2.75, 3.05) is 0 Å². The van der Waals surface area contributed by atoms with Crippen molar-refractivity contribution in [1.29, 1.82) is 0 Å². The number of aryl methyl sites for hydroxylation is 1. The van der Waals surface area contributed by atoms with Crippen LogP contribution in [0.25, 0.3) is 5.69 Å². The maximum absolute atomic E-state index is 12.2. The molecule has 116 valence electrons. The fraction of sp³-hybridized carbons (Fsp3) is 0.333. The lowest BCUT2D eigenvalue weighted by Crippen LogP contribution is -2.33. The molecule has 1 unspecified atom stereocenters. The Labute approximate surface area is 128 Å². The molecule has 2 rings (SSSR count). The maximum Gasteiger partial charge on any atom is 0.303 e. The molecule has 0 aliphatic rings. The lowest BCUT2D eigenvalue weighted by molar-refractivity contribution is -0.137. The van der Waals surface area contributed by atoms with Gasteiger partial charge in [-0.2, -0.15) is 5.10 Å². The average Bonchev–Trinajstić information content (AvgIpc) is 2.99. The van der Waals surface area contributed by atoms with Gasteiger partial charge in [-0.3, -0.25) is 9.59 Å². The number of carboxylic acid groups (broad SMARTS) is 1. The van der Waals surface area contributed by atoms with Gasteiger partial charge in [0.15, 0.2) is 0 Å². The van der Waals surface area contributed by atoms with Gasteiger partial charge in [0.2, 0.25) is 0 Å². The Morgan fingerprint density at radius 1 is 1.41 bits per heavy atom. The molecule has 7 heteroatoms. The largest absolute Gasteiger partial charge is 0.481 e. The van der Waals surface area contributed by atoms with Gasteiger partial charge in [-0.15, -0.1) is 0 Å². The second-order valence-electron chi connectivity index (χ2n) is 5.15. The quantitative estimate of drug-likeness (QED) is 0.844. The summed E-state index contributed by atoms with van der Waals surface area (Å²) in [6.45, 7) is 3.64. The number of nitrogens with zero attached hydrogens (tertiary/aromatic N) is 3. The number of carboxylic acids is 1. The summed E-state index contributed by atoms with van der Waals surface area (Å²) >= 11 is 0. The van der Waals surface area contributed by atoms with Crippen LogP contribution in [0.2, 0.25) is 0 Å². The number of rotatable bonds is 6. The minimum absolute atomic E-state index is 0.0334. The first-order valence-corrected chi connectivity index (χ1v) is 6.95. The molecule has 0 aliphatic heterocycles. The summed E-state index contributed by atoms with van der Waals surface area (Å²) in [5.74, 6) is -1.07. The zero-order chi connectivity index (χ0) is 16.1. The predicted molar refractivity (Wildman–Crippen MR) is 79.9 cm³/mol. The minimum atomic E-state index is -0.866. The average molecular weight is 302 g/mol. The Kier molecular flexibility index (Phi) is 4.88. The Morgan fingerprint density at radius 2 is 2.18 bits per heavy atom. The Hall–Kier alpha value is -2.70. The number of hydrogen-bond acceptors (Lipinski definition) is 4. The topological polar surface area (TPSA) is 97.1 Å². The highest BCUT2D eigenvalue weighted by atomic mass is 16.4. The Morgan fingerprint density at radius 3 is 2.77 bits per heavy atom. The zero-order valence-electron chi connectivity index (χ0n) is 12.5. The molecule has 7 nitrogen and oxygen atoms in total. The Bertz CT molecular complexity index is 667. The van der Waals surface area contributed by atoms with Crippen molar-refractivity contribution in [2.24, 2.45) is 0 Å². The smallest absolute Gasteiger partial charge is 0.303 e. The van der Waals surface area contributed by atoms with E-state index in [1.165, 1.54) is 6.33 Å². The summed E-state index contributed by atoms with van der Waals surface area (Å²) < 4.78 is 1.62. The second kappa shape index (κ2) is 6.84. The van der Waals surface area contributed by atoms with Crippen molar-refractivity contribution >= 4 is 11.9 Å². The molecule has 1 atom stereocenters. The van der Waals surface area contributed by atoms with E-state index < -0.39 is 5.97 Å². The van der Waals surface area contributed by atoms with E-state index in [4.69, 9.17) is 5.11 Å². The second-order valence-corrected chi connectivity index (χ2v) is 5.15. The number of aliphatic carboxylic acids is 1. The number of amides is 1. The molecule has 0 bridgehead atoms. The van der Waals surface area contributed by atoms with Crippen LogP contribution in [0.5, 0.6) is 0 Å². The number of benzene rings is 1. The first-order chi connectivity index (χ1) is 10.5. The molecule has 1 amide bonds. The normalized spacial score (nSPS) is 11.9. The van der Waals surface area contributed by atoms with Crippen LogP contribution >= 0.6 is 0 Å².